The van der Waals surface area contributed by atoms with E-state index in [0.717, 1.165) is 0 Å². The second-order valence-corrected chi connectivity index (χ2v) is 3.73. The molecule has 0 rings (SSSR count). The summed E-state index contributed by atoms with van der Waals surface area (Å²) in [4.78, 5) is 26.1. The molecule has 0 aromatic carbocycles. The minimum Gasteiger partial charge on any atom is -0.480 e. The Hall–Kier alpha value is -2.31. The van der Waals surface area contributed by atoms with Gasteiger partial charge in [0.1, 0.15) is 6.04 Å². The maximum absolute atomic E-state index is 11.4. The number of carboxylic acids is 1. The smallest absolute Gasteiger partial charge is 0.326 e. The van der Waals surface area contributed by atoms with E-state index in [1.165, 1.54) is 12.2 Å². The van der Waals surface area contributed by atoms with Crippen LogP contribution in [0.5, 0.6) is 0 Å². The van der Waals surface area contributed by atoms with Crippen molar-refractivity contribution in [1.29, 1.82) is 0 Å². The standard InChI is InChI=1S/C12H20N4O3/c1-2-3-4-7-10(17)16-9(11(18)19)6-5-8-15-12(13)14/h2-4,7,9H,5-6,8H2,1H3,(H,16,17)(H,18,19)(H4,13,14,15)/b3-2+,7-4+/t9-/m0/s1. The van der Waals surface area contributed by atoms with Gasteiger partial charge in [-0.05, 0) is 19.8 Å². The maximum Gasteiger partial charge on any atom is 0.326 e. The number of carboxylic acid groups (broad SMARTS) is 1. The minimum absolute atomic E-state index is 0.0369. The van der Waals surface area contributed by atoms with Crippen LogP contribution in [0, 0.1) is 0 Å². The first-order valence-corrected chi connectivity index (χ1v) is 5.85. The Kier molecular flexibility index (Phi) is 8.51. The van der Waals surface area contributed by atoms with Gasteiger partial charge in [0.15, 0.2) is 5.96 Å². The van der Waals surface area contributed by atoms with Crippen molar-refractivity contribution in [3.05, 3.63) is 24.3 Å². The van der Waals surface area contributed by atoms with Crippen molar-refractivity contribution in [3.8, 4) is 0 Å². The third-order valence-electron chi connectivity index (χ3n) is 2.11. The lowest BCUT2D eigenvalue weighted by molar-refractivity contribution is -0.141. The molecule has 0 aliphatic heterocycles. The summed E-state index contributed by atoms with van der Waals surface area (Å²) in [6, 6.07) is -0.947. The maximum atomic E-state index is 11.4. The average molecular weight is 268 g/mol. The lowest BCUT2D eigenvalue weighted by Crippen LogP contribution is -2.40. The number of carbonyl (C=O) groups excluding carboxylic acids is 1. The number of hydrogen-bond donors (Lipinski definition) is 4. The van der Waals surface area contributed by atoms with Crippen LogP contribution in [0.25, 0.3) is 0 Å². The lowest BCUT2D eigenvalue weighted by atomic mass is 10.1. The Morgan fingerprint density at radius 2 is 2.05 bits per heavy atom. The van der Waals surface area contributed by atoms with Crippen molar-refractivity contribution in [2.75, 3.05) is 6.54 Å². The Morgan fingerprint density at radius 1 is 1.37 bits per heavy atom. The SMILES string of the molecule is C/C=C/C=C/C(=O)N[C@@H](CCCN=C(N)N)C(=O)O. The lowest BCUT2D eigenvalue weighted by Gasteiger charge is -2.12. The largest absolute Gasteiger partial charge is 0.480 e. The van der Waals surface area contributed by atoms with Gasteiger partial charge in [0.25, 0.3) is 0 Å². The highest BCUT2D eigenvalue weighted by molar-refractivity contribution is 5.91. The van der Waals surface area contributed by atoms with Crippen molar-refractivity contribution in [2.24, 2.45) is 16.5 Å². The molecular formula is C12H20N4O3. The summed E-state index contributed by atoms with van der Waals surface area (Å²) < 4.78 is 0. The fourth-order valence-corrected chi connectivity index (χ4v) is 1.23. The Morgan fingerprint density at radius 3 is 2.58 bits per heavy atom. The molecule has 19 heavy (non-hydrogen) atoms. The zero-order valence-corrected chi connectivity index (χ0v) is 10.9. The number of nitrogens with two attached hydrogens (primary N) is 2. The Bertz CT molecular complexity index is 384. The molecule has 0 saturated carbocycles. The molecule has 0 aromatic heterocycles. The zero-order valence-electron chi connectivity index (χ0n) is 10.9. The summed E-state index contributed by atoms with van der Waals surface area (Å²) in [5.74, 6) is -1.57. The molecule has 0 bridgehead atoms. The van der Waals surface area contributed by atoms with Crippen LogP contribution in [0.4, 0.5) is 0 Å². The highest BCUT2D eigenvalue weighted by atomic mass is 16.4. The fourth-order valence-electron chi connectivity index (χ4n) is 1.23. The molecule has 0 radical (unpaired) electrons. The molecule has 0 fully saturated rings. The van der Waals surface area contributed by atoms with Crippen LogP contribution in [0.2, 0.25) is 0 Å². The number of allylic oxidation sites excluding steroid dienone is 3. The number of carbonyl (C=O) groups is 2. The Balaban J connectivity index is 4.23. The molecule has 106 valence electrons. The summed E-state index contributed by atoms with van der Waals surface area (Å²) in [7, 11) is 0. The minimum atomic E-state index is -1.09. The summed E-state index contributed by atoms with van der Waals surface area (Å²) >= 11 is 0. The first-order chi connectivity index (χ1) is 8.97. The second kappa shape index (κ2) is 9.69. The number of aliphatic carboxylic acids is 1. The predicted molar refractivity (Wildman–Crippen MR) is 73.4 cm³/mol. The highest BCUT2D eigenvalue weighted by Gasteiger charge is 2.17. The van der Waals surface area contributed by atoms with E-state index in [1.54, 1.807) is 12.2 Å². The van der Waals surface area contributed by atoms with Gasteiger partial charge < -0.3 is 21.9 Å². The van der Waals surface area contributed by atoms with Crippen LogP contribution >= 0.6 is 0 Å². The fraction of sp³-hybridized carbons (Fsp3) is 0.417. The molecule has 0 aliphatic carbocycles. The molecule has 7 nitrogen and oxygen atoms in total. The first-order valence-electron chi connectivity index (χ1n) is 5.85. The summed E-state index contributed by atoms with van der Waals surface area (Å²) in [6.45, 7) is 2.14. The van der Waals surface area contributed by atoms with Gasteiger partial charge in [-0.25, -0.2) is 4.79 Å². The van der Waals surface area contributed by atoms with E-state index < -0.39 is 17.9 Å². The molecule has 1 amide bonds. The van der Waals surface area contributed by atoms with Gasteiger partial charge >= 0.3 is 5.97 Å². The average Bonchev–Trinajstić information content (AvgIpc) is 2.32. The summed E-state index contributed by atoms with van der Waals surface area (Å²) in [5.41, 5.74) is 10.3. The van der Waals surface area contributed by atoms with Crippen molar-refractivity contribution < 1.29 is 14.7 Å². The molecule has 1 atom stereocenters. The third kappa shape index (κ3) is 9.40. The van der Waals surface area contributed by atoms with Crippen LogP contribution in [-0.4, -0.2) is 35.5 Å². The molecule has 0 spiro atoms. The number of guanidine groups is 1. The van der Waals surface area contributed by atoms with E-state index in [4.69, 9.17) is 16.6 Å². The van der Waals surface area contributed by atoms with Crippen LogP contribution in [-0.2, 0) is 9.59 Å². The van der Waals surface area contributed by atoms with E-state index >= 15 is 0 Å². The van der Waals surface area contributed by atoms with Gasteiger partial charge in [-0.2, -0.15) is 0 Å². The van der Waals surface area contributed by atoms with E-state index in [9.17, 15) is 9.59 Å². The van der Waals surface area contributed by atoms with Crippen molar-refractivity contribution in [1.82, 2.24) is 5.32 Å². The van der Waals surface area contributed by atoms with Crippen molar-refractivity contribution >= 4 is 17.8 Å². The highest BCUT2D eigenvalue weighted by Crippen LogP contribution is 1.98. The first kappa shape index (κ1) is 16.7. The zero-order chi connectivity index (χ0) is 14.7. The molecule has 0 heterocycles. The topological polar surface area (TPSA) is 131 Å². The van der Waals surface area contributed by atoms with Crippen LogP contribution in [0.3, 0.4) is 0 Å². The quantitative estimate of drug-likeness (QED) is 0.158. The van der Waals surface area contributed by atoms with Crippen LogP contribution in [0.1, 0.15) is 19.8 Å². The van der Waals surface area contributed by atoms with Gasteiger partial charge in [0, 0.05) is 12.6 Å². The van der Waals surface area contributed by atoms with Gasteiger partial charge in [0.05, 0.1) is 0 Å². The monoisotopic (exact) mass is 268 g/mol. The molecule has 0 saturated heterocycles. The summed E-state index contributed by atoms with van der Waals surface area (Å²) in [6.07, 6.45) is 6.96. The number of aliphatic imine (C=N–C) groups is 1. The van der Waals surface area contributed by atoms with Crippen LogP contribution in [0.15, 0.2) is 29.3 Å². The van der Waals surface area contributed by atoms with E-state index in [1.807, 2.05) is 6.92 Å². The van der Waals surface area contributed by atoms with E-state index in [0.29, 0.717) is 13.0 Å². The van der Waals surface area contributed by atoms with Gasteiger partial charge in [-0.1, -0.05) is 18.2 Å². The Labute approximate surface area is 112 Å². The summed E-state index contributed by atoms with van der Waals surface area (Å²) in [5, 5.41) is 11.4. The molecule has 0 aliphatic rings. The molecule has 6 N–H and O–H groups in total. The number of amides is 1. The predicted octanol–water partition coefficient (Wildman–Crippen LogP) is -0.258. The molecular weight excluding hydrogens is 248 g/mol. The van der Waals surface area contributed by atoms with Crippen LogP contribution < -0.4 is 16.8 Å². The van der Waals surface area contributed by atoms with Gasteiger partial charge in [-0.15, -0.1) is 0 Å². The van der Waals surface area contributed by atoms with E-state index in [-0.39, 0.29) is 12.4 Å². The molecule has 7 heteroatoms. The second-order valence-electron chi connectivity index (χ2n) is 3.73. The van der Waals surface area contributed by atoms with Crippen molar-refractivity contribution in [2.45, 2.75) is 25.8 Å². The third-order valence-corrected chi connectivity index (χ3v) is 2.11. The molecule has 0 unspecified atom stereocenters. The number of nitrogens with one attached hydrogen (secondary N) is 1. The van der Waals surface area contributed by atoms with E-state index in [2.05, 4.69) is 10.3 Å². The number of hydrogen-bond acceptors (Lipinski definition) is 3. The van der Waals surface area contributed by atoms with Crippen molar-refractivity contribution in [3.63, 3.8) is 0 Å². The molecule has 0 aromatic rings. The number of nitrogens with zero attached hydrogens (tertiary/aromatic N) is 1. The normalized spacial score (nSPS) is 12.5. The van der Waals surface area contributed by atoms with Gasteiger partial charge in [-0.3, -0.25) is 9.79 Å². The van der Waals surface area contributed by atoms with Gasteiger partial charge in [0.2, 0.25) is 5.91 Å². The number of rotatable bonds is 8.